The molecule has 1 heterocycles. The van der Waals surface area contributed by atoms with Gasteiger partial charge >= 0.3 is 18.3 Å². The lowest BCUT2D eigenvalue weighted by Gasteiger charge is -2.41. The van der Waals surface area contributed by atoms with E-state index >= 15 is 0 Å². The summed E-state index contributed by atoms with van der Waals surface area (Å²) in [7, 11) is 0. The third kappa shape index (κ3) is 10.1. The first kappa shape index (κ1) is 41.9. The molecule has 0 radical (unpaired) electrons. The summed E-state index contributed by atoms with van der Waals surface area (Å²) in [6, 6.07) is 38.7. The highest BCUT2D eigenvalue weighted by molar-refractivity contribution is 5.93. The lowest BCUT2D eigenvalue weighted by Crippen LogP contribution is -2.34. The molecule has 3 N–H and O–H groups in total. The van der Waals surface area contributed by atoms with E-state index in [1.165, 1.54) is 22.3 Å². The number of hydrogen-bond acceptors (Lipinski definition) is 7. The van der Waals surface area contributed by atoms with E-state index in [1.54, 1.807) is 0 Å². The molecule has 1 aliphatic carbocycles. The van der Waals surface area contributed by atoms with Crippen molar-refractivity contribution in [3.8, 4) is 22.3 Å². The van der Waals surface area contributed by atoms with Gasteiger partial charge in [0.2, 0.25) is 0 Å². The first-order valence-corrected chi connectivity index (χ1v) is 20.9. The Hall–Kier alpha value is -6.29. The van der Waals surface area contributed by atoms with Crippen LogP contribution < -0.4 is 20.9 Å². The molecule has 0 spiro atoms. The Morgan fingerprint density at radius 3 is 1.72 bits per heavy atom. The number of ether oxygens (including phenoxy) is 3. The van der Waals surface area contributed by atoms with Gasteiger partial charge in [0.05, 0.1) is 6.04 Å². The number of nitrogens with zero attached hydrogens (tertiary/aromatic N) is 1. The van der Waals surface area contributed by atoms with Crippen molar-refractivity contribution in [3.63, 3.8) is 0 Å². The van der Waals surface area contributed by atoms with Gasteiger partial charge in [0.25, 0.3) is 0 Å². The SMILES string of the molecule is CC(C)(C)OC(=O)Nc1ccc2c(c1)C(c1ccccc1)N(CCCCCCNC(=O)OCC1c3ccccc3-c3ccccc31)c1cc(NC(=O)OC(C)(C)C)ccc1-2. The lowest BCUT2D eigenvalue weighted by atomic mass is 9.84. The minimum absolute atomic E-state index is 0.0201. The molecule has 2 aliphatic rings. The number of carbonyl (C=O) groups is 3. The van der Waals surface area contributed by atoms with Crippen LogP contribution in [0.2, 0.25) is 0 Å². The number of fused-ring (bicyclic) bond motifs is 6. The topological polar surface area (TPSA) is 118 Å². The van der Waals surface area contributed by atoms with E-state index in [1.807, 2.05) is 120 Å². The molecule has 0 saturated heterocycles. The van der Waals surface area contributed by atoms with Crippen LogP contribution in [0.4, 0.5) is 31.4 Å². The molecule has 1 unspecified atom stereocenters. The predicted octanol–water partition coefficient (Wildman–Crippen LogP) is 12.1. The molecular formula is C50H56N4O6. The molecule has 60 heavy (non-hydrogen) atoms. The van der Waals surface area contributed by atoms with Crippen molar-refractivity contribution in [1.29, 1.82) is 0 Å². The Kier molecular flexibility index (Phi) is 12.5. The number of benzene rings is 5. The Labute approximate surface area is 353 Å². The van der Waals surface area contributed by atoms with Crippen LogP contribution >= 0.6 is 0 Å². The van der Waals surface area contributed by atoms with Gasteiger partial charge in [-0.1, -0.05) is 104 Å². The molecule has 0 aromatic heterocycles. The highest BCUT2D eigenvalue weighted by Crippen LogP contribution is 2.49. The Balaban J connectivity index is 1.03. The molecule has 10 nitrogen and oxygen atoms in total. The van der Waals surface area contributed by atoms with E-state index in [9.17, 15) is 14.4 Å². The minimum atomic E-state index is -0.641. The summed E-state index contributed by atoms with van der Waals surface area (Å²) in [5.74, 6) is 0.0201. The van der Waals surface area contributed by atoms with Crippen LogP contribution in [-0.2, 0) is 14.2 Å². The molecule has 10 heteroatoms. The van der Waals surface area contributed by atoms with Gasteiger partial charge in [-0.25, -0.2) is 14.4 Å². The Bertz CT molecular complexity index is 2280. The minimum Gasteiger partial charge on any atom is -0.449 e. The van der Waals surface area contributed by atoms with E-state index in [0.717, 1.165) is 53.6 Å². The molecular weight excluding hydrogens is 753 g/mol. The van der Waals surface area contributed by atoms with E-state index in [4.69, 9.17) is 14.2 Å². The fraction of sp³-hybridized carbons (Fsp3) is 0.340. The predicted molar refractivity (Wildman–Crippen MR) is 239 cm³/mol. The van der Waals surface area contributed by atoms with Crippen molar-refractivity contribution in [2.45, 2.75) is 90.4 Å². The maximum Gasteiger partial charge on any atom is 0.412 e. The van der Waals surface area contributed by atoms with Crippen LogP contribution in [0, 0.1) is 0 Å². The molecule has 312 valence electrons. The number of anilines is 3. The Morgan fingerprint density at radius 2 is 1.10 bits per heavy atom. The van der Waals surface area contributed by atoms with Gasteiger partial charge in [-0.2, -0.15) is 0 Å². The number of rotatable bonds is 12. The van der Waals surface area contributed by atoms with Crippen LogP contribution in [0.25, 0.3) is 22.3 Å². The zero-order valence-electron chi connectivity index (χ0n) is 35.5. The first-order chi connectivity index (χ1) is 28.7. The molecule has 5 aromatic rings. The van der Waals surface area contributed by atoms with Crippen LogP contribution in [0.1, 0.15) is 101 Å². The average molecular weight is 809 g/mol. The molecule has 0 fully saturated rings. The van der Waals surface area contributed by atoms with Crippen LogP contribution in [-0.4, -0.2) is 49.2 Å². The number of amides is 3. The second-order valence-electron chi connectivity index (χ2n) is 17.5. The van der Waals surface area contributed by atoms with Crippen molar-refractivity contribution >= 4 is 35.3 Å². The maximum absolute atomic E-state index is 12.9. The van der Waals surface area contributed by atoms with Gasteiger partial charge in [0, 0.05) is 41.6 Å². The van der Waals surface area contributed by atoms with Crippen molar-refractivity contribution in [2.24, 2.45) is 0 Å². The van der Waals surface area contributed by atoms with Crippen LogP contribution in [0.3, 0.4) is 0 Å². The molecule has 0 saturated carbocycles. The highest BCUT2D eigenvalue weighted by Gasteiger charge is 2.33. The quantitative estimate of drug-likeness (QED) is 0.0848. The van der Waals surface area contributed by atoms with E-state index in [-0.39, 0.29) is 18.6 Å². The fourth-order valence-corrected chi connectivity index (χ4v) is 8.18. The summed E-state index contributed by atoms with van der Waals surface area (Å²) in [4.78, 5) is 40.9. The van der Waals surface area contributed by atoms with Gasteiger partial charge in [0.1, 0.15) is 17.8 Å². The highest BCUT2D eigenvalue weighted by atomic mass is 16.6. The lowest BCUT2D eigenvalue weighted by molar-refractivity contribution is 0.0624. The van der Waals surface area contributed by atoms with Crippen LogP contribution in [0.15, 0.2) is 115 Å². The largest absolute Gasteiger partial charge is 0.449 e. The third-order valence-electron chi connectivity index (χ3n) is 10.6. The number of alkyl carbamates (subject to hydrolysis) is 1. The monoisotopic (exact) mass is 808 g/mol. The summed E-state index contributed by atoms with van der Waals surface area (Å²) in [6.45, 7) is 12.6. The maximum atomic E-state index is 12.9. The zero-order chi connectivity index (χ0) is 42.4. The van der Waals surface area contributed by atoms with Crippen molar-refractivity contribution < 1.29 is 28.6 Å². The van der Waals surface area contributed by atoms with Gasteiger partial charge in [-0.15, -0.1) is 0 Å². The van der Waals surface area contributed by atoms with Crippen molar-refractivity contribution in [2.75, 3.05) is 35.2 Å². The van der Waals surface area contributed by atoms with E-state index in [2.05, 4.69) is 57.2 Å². The Morgan fingerprint density at radius 1 is 0.567 bits per heavy atom. The molecule has 5 aromatic carbocycles. The molecule has 1 aliphatic heterocycles. The number of hydrogen-bond donors (Lipinski definition) is 3. The van der Waals surface area contributed by atoms with Gasteiger partial charge in [0.15, 0.2) is 0 Å². The van der Waals surface area contributed by atoms with Gasteiger partial charge in [-0.05, 0) is 118 Å². The second kappa shape index (κ2) is 17.9. The summed E-state index contributed by atoms with van der Waals surface area (Å²) < 4.78 is 16.9. The molecule has 1 atom stereocenters. The van der Waals surface area contributed by atoms with Crippen molar-refractivity contribution in [1.82, 2.24) is 5.32 Å². The first-order valence-electron chi connectivity index (χ1n) is 20.9. The van der Waals surface area contributed by atoms with E-state index < -0.39 is 29.5 Å². The molecule has 0 bridgehead atoms. The molecule has 3 amide bonds. The molecule has 7 rings (SSSR count). The fourth-order valence-electron chi connectivity index (χ4n) is 8.18. The summed E-state index contributed by atoms with van der Waals surface area (Å²) in [5.41, 5.74) is 9.94. The standard InChI is InChI=1S/C50H56N4O6/c1-49(2,3)59-47(56)52-34-24-26-40-41-27-25-35(53-48(57)60-50(4,5)6)31-44(41)54(45(42(40)30-34)33-18-10-9-11-19-33)29-17-8-7-16-28-51-46(55)58-32-43-38-22-14-12-20-36(38)37-21-13-15-23-39(37)43/h9-15,18-27,30-31,43,45H,7-8,16-17,28-29,32H2,1-6H3,(H,51,55)(H,52,56)(H,53,57). The second-order valence-corrected chi connectivity index (χ2v) is 17.5. The normalized spacial score (nSPS) is 14.2. The zero-order valence-corrected chi connectivity index (χ0v) is 35.5. The third-order valence-corrected chi connectivity index (χ3v) is 10.6. The average Bonchev–Trinajstić information content (AvgIpc) is 3.51. The number of carbonyl (C=O) groups excluding carboxylic acids is 3. The number of unbranched alkanes of at least 4 members (excludes halogenated alkanes) is 3. The summed E-state index contributed by atoms with van der Waals surface area (Å²) in [5, 5.41) is 8.83. The van der Waals surface area contributed by atoms with Crippen molar-refractivity contribution in [3.05, 3.63) is 138 Å². The summed E-state index contributed by atoms with van der Waals surface area (Å²) >= 11 is 0. The van der Waals surface area contributed by atoms with Gasteiger partial charge in [-0.3, -0.25) is 10.6 Å². The van der Waals surface area contributed by atoms with Crippen LogP contribution in [0.5, 0.6) is 0 Å². The number of nitrogens with one attached hydrogen (secondary N) is 3. The summed E-state index contributed by atoms with van der Waals surface area (Å²) in [6.07, 6.45) is 2.11. The smallest absolute Gasteiger partial charge is 0.412 e. The van der Waals surface area contributed by atoms with Gasteiger partial charge < -0.3 is 24.4 Å². The van der Waals surface area contributed by atoms with E-state index in [0.29, 0.717) is 24.5 Å².